The molecule has 0 fully saturated rings. The summed E-state index contributed by atoms with van der Waals surface area (Å²) >= 11 is 0. The van der Waals surface area contributed by atoms with Crippen LogP contribution in [0.3, 0.4) is 0 Å². The Balaban J connectivity index is 2.41. The lowest BCUT2D eigenvalue weighted by Gasteiger charge is -2.17. The number of aromatic nitrogens is 1. The number of pyridine rings is 1. The van der Waals surface area contributed by atoms with Crippen LogP contribution in [-0.2, 0) is 6.42 Å². The number of rotatable bonds is 3. The van der Waals surface area contributed by atoms with Gasteiger partial charge in [0.25, 0.3) is 0 Å². The second kappa shape index (κ2) is 5.32. The Morgan fingerprint density at radius 2 is 1.94 bits per heavy atom. The third-order valence-corrected chi connectivity index (χ3v) is 3.55. The minimum absolute atomic E-state index is 0.0674. The number of aryl methyl sites for hydroxylation is 3. The number of hydrogen-bond acceptors (Lipinski definition) is 2. The van der Waals surface area contributed by atoms with Crippen molar-refractivity contribution in [3.63, 3.8) is 0 Å². The van der Waals surface area contributed by atoms with E-state index in [0.29, 0.717) is 0 Å². The van der Waals surface area contributed by atoms with Gasteiger partial charge in [0.15, 0.2) is 0 Å². The molecule has 0 aliphatic rings. The maximum Gasteiger partial charge on any atom is 0.0555 e. The Morgan fingerprint density at radius 1 is 1.17 bits per heavy atom. The lowest BCUT2D eigenvalue weighted by atomic mass is 9.93. The van der Waals surface area contributed by atoms with Crippen LogP contribution in [0.25, 0.3) is 0 Å². The Morgan fingerprint density at radius 3 is 2.61 bits per heavy atom. The van der Waals surface area contributed by atoms with Crippen molar-refractivity contribution in [3.05, 3.63) is 64.5 Å². The maximum absolute atomic E-state index is 6.38. The van der Waals surface area contributed by atoms with Crippen molar-refractivity contribution in [2.24, 2.45) is 5.73 Å². The Bertz CT molecular complexity index is 547. The van der Waals surface area contributed by atoms with Crippen molar-refractivity contribution in [2.75, 3.05) is 0 Å². The first-order valence-electron chi connectivity index (χ1n) is 6.39. The summed E-state index contributed by atoms with van der Waals surface area (Å²) in [6.45, 7) is 6.38. The molecular formula is C16H20N2. The van der Waals surface area contributed by atoms with Gasteiger partial charge in [0.2, 0.25) is 0 Å². The number of nitrogens with two attached hydrogens (primary N) is 1. The van der Waals surface area contributed by atoms with E-state index in [2.05, 4.69) is 44.0 Å². The SMILES string of the molecule is CCc1cnccc1C(N)c1ccc(C)c(C)c1. The molecule has 1 unspecified atom stereocenters. The molecule has 1 aromatic carbocycles. The third kappa shape index (κ3) is 2.44. The minimum atomic E-state index is -0.0674. The van der Waals surface area contributed by atoms with Crippen molar-refractivity contribution >= 4 is 0 Å². The molecule has 0 bridgehead atoms. The number of nitrogens with zero attached hydrogens (tertiary/aromatic N) is 1. The normalized spacial score (nSPS) is 12.4. The van der Waals surface area contributed by atoms with Crippen LogP contribution in [0.4, 0.5) is 0 Å². The van der Waals surface area contributed by atoms with Crippen LogP contribution in [-0.4, -0.2) is 4.98 Å². The fraction of sp³-hybridized carbons (Fsp3) is 0.312. The Hall–Kier alpha value is -1.67. The highest BCUT2D eigenvalue weighted by Crippen LogP contribution is 2.24. The van der Waals surface area contributed by atoms with Gasteiger partial charge in [-0.05, 0) is 54.2 Å². The molecule has 2 aromatic rings. The second-order valence-corrected chi connectivity index (χ2v) is 4.75. The lowest BCUT2D eigenvalue weighted by Crippen LogP contribution is -2.14. The highest BCUT2D eigenvalue weighted by molar-refractivity contribution is 5.39. The molecule has 94 valence electrons. The quantitative estimate of drug-likeness (QED) is 0.894. The zero-order valence-electron chi connectivity index (χ0n) is 11.3. The first-order valence-corrected chi connectivity index (χ1v) is 6.39. The Kier molecular flexibility index (Phi) is 3.78. The molecule has 0 radical (unpaired) electrons. The number of benzene rings is 1. The van der Waals surface area contributed by atoms with E-state index in [-0.39, 0.29) is 6.04 Å². The van der Waals surface area contributed by atoms with Gasteiger partial charge in [-0.25, -0.2) is 0 Å². The zero-order chi connectivity index (χ0) is 13.1. The third-order valence-electron chi connectivity index (χ3n) is 3.55. The lowest BCUT2D eigenvalue weighted by molar-refractivity contribution is 0.841. The van der Waals surface area contributed by atoms with Crippen LogP contribution in [0, 0.1) is 13.8 Å². The molecule has 0 aliphatic heterocycles. The largest absolute Gasteiger partial charge is 0.320 e. The molecule has 2 N–H and O–H groups in total. The van der Waals surface area contributed by atoms with Crippen LogP contribution >= 0.6 is 0 Å². The summed E-state index contributed by atoms with van der Waals surface area (Å²) < 4.78 is 0. The molecule has 2 heteroatoms. The highest BCUT2D eigenvalue weighted by Gasteiger charge is 2.12. The van der Waals surface area contributed by atoms with Crippen molar-refractivity contribution in [1.29, 1.82) is 0 Å². The van der Waals surface area contributed by atoms with Gasteiger partial charge < -0.3 is 5.73 Å². The van der Waals surface area contributed by atoms with Crippen molar-refractivity contribution in [2.45, 2.75) is 33.2 Å². The van der Waals surface area contributed by atoms with E-state index in [9.17, 15) is 0 Å². The molecule has 0 amide bonds. The van der Waals surface area contributed by atoms with Crippen LogP contribution in [0.2, 0.25) is 0 Å². The summed E-state index contributed by atoms with van der Waals surface area (Å²) in [5.74, 6) is 0. The van der Waals surface area contributed by atoms with Gasteiger partial charge in [-0.3, -0.25) is 4.98 Å². The van der Waals surface area contributed by atoms with Crippen molar-refractivity contribution < 1.29 is 0 Å². The van der Waals surface area contributed by atoms with Crippen LogP contribution in [0.15, 0.2) is 36.7 Å². The van der Waals surface area contributed by atoms with Crippen molar-refractivity contribution in [1.82, 2.24) is 4.98 Å². The summed E-state index contributed by atoms with van der Waals surface area (Å²) in [5, 5.41) is 0. The molecule has 1 heterocycles. The smallest absolute Gasteiger partial charge is 0.0555 e. The molecule has 1 atom stereocenters. The standard InChI is InChI=1S/C16H20N2/c1-4-13-10-18-8-7-15(13)16(17)14-6-5-11(2)12(3)9-14/h5-10,16H,4,17H2,1-3H3. The van der Waals surface area contributed by atoms with Gasteiger partial charge >= 0.3 is 0 Å². The fourth-order valence-corrected chi connectivity index (χ4v) is 2.17. The molecule has 0 saturated carbocycles. The van der Waals surface area contributed by atoms with Crippen LogP contribution in [0.1, 0.15) is 40.8 Å². The van der Waals surface area contributed by atoms with E-state index in [1.807, 2.05) is 18.5 Å². The molecule has 0 aliphatic carbocycles. The van der Waals surface area contributed by atoms with Crippen LogP contribution in [0.5, 0.6) is 0 Å². The average molecular weight is 240 g/mol. The second-order valence-electron chi connectivity index (χ2n) is 4.75. The molecule has 0 spiro atoms. The van der Waals surface area contributed by atoms with Gasteiger partial charge in [0, 0.05) is 12.4 Å². The minimum Gasteiger partial charge on any atom is -0.320 e. The van der Waals surface area contributed by atoms with Gasteiger partial charge in [-0.1, -0.05) is 25.1 Å². The first kappa shape index (κ1) is 12.8. The molecular weight excluding hydrogens is 220 g/mol. The molecule has 1 aromatic heterocycles. The van der Waals surface area contributed by atoms with E-state index in [1.165, 1.54) is 27.8 Å². The molecule has 18 heavy (non-hydrogen) atoms. The Labute approximate surface area is 109 Å². The van der Waals surface area contributed by atoms with E-state index < -0.39 is 0 Å². The topological polar surface area (TPSA) is 38.9 Å². The molecule has 0 saturated heterocycles. The first-order chi connectivity index (χ1) is 8.63. The van der Waals surface area contributed by atoms with Gasteiger partial charge in [0.05, 0.1) is 6.04 Å². The fourth-order valence-electron chi connectivity index (χ4n) is 2.17. The molecule has 2 nitrogen and oxygen atoms in total. The van der Waals surface area contributed by atoms with E-state index in [0.717, 1.165) is 6.42 Å². The molecule has 2 rings (SSSR count). The summed E-state index contributed by atoms with van der Waals surface area (Å²) in [6.07, 6.45) is 4.69. The summed E-state index contributed by atoms with van der Waals surface area (Å²) in [6, 6.07) is 8.39. The van der Waals surface area contributed by atoms with Gasteiger partial charge in [-0.15, -0.1) is 0 Å². The predicted octanol–water partition coefficient (Wildman–Crippen LogP) is 3.31. The van der Waals surface area contributed by atoms with E-state index >= 15 is 0 Å². The maximum atomic E-state index is 6.38. The summed E-state index contributed by atoms with van der Waals surface area (Å²) in [5.41, 5.74) is 12.5. The zero-order valence-corrected chi connectivity index (χ0v) is 11.3. The average Bonchev–Trinajstić information content (AvgIpc) is 2.41. The number of hydrogen-bond donors (Lipinski definition) is 1. The monoisotopic (exact) mass is 240 g/mol. The van der Waals surface area contributed by atoms with Crippen molar-refractivity contribution in [3.8, 4) is 0 Å². The van der Waals surface area contributed by atoms with Gasteiger partial charge in [-0.2, -0.15) is 0 Å². The summed E-state index contributed by atoms with van der Waals surface area (Å²) in [4.78, 5) is 4.17. The van der Waals surface area contributed by atoms with Gasteiger partial charge in [0.1, 0.15) is 0 Å². The predicted molar refractivity (Wildman–Crippen MR) is 75.6 cm³/mol. The van der Waals surface area contributed by atoms with E-state index in [4.69, 9.17) is 5.73 Å². The summed E-state index contributed by atoms with van der Waals surface area (Å²) in [7, 11) is 0. The van der Waals surface area contributed by atoms with E-state index in [1.54, 1.807) is 0 Å². The van der Waals surface area contributed by atoms with Crippen LogP contribution < -0.4 is 5.73 Å². The highest BCUT2D eigenvalue weighted by atomic mass is 14.7.